The Morgan fingerprint density at radius 1 is 2.00 bits per heavy atom. The third kappa shape index (κ3) is 11.4. The van der Waals surface area contributed by atoms with Crippen LogP contribution >= 0.6 is 0 Å². The predicted molar refractivity (Wildman–Crippen MR) is 21.1 cm³/mol. The van der Waals surface area contributed by atoms with Crippen molar-refractivity contribution in [1.82, 2.24) is 0 Å². The van der Waals surface area contributed by atoms with Crippen molar-refractivity contribution in [2.24, 2.45) is 0 Å². The van der Waals surface area contributed by atoms with Gasteiger partial charge in [0.1, 0.15) is 6.29 Å². The maximum atomic E-state index is 8.92. The smallest absolute Gasteiger partial charge is 1.00 e. The molecule has 0 unspecified atom stereocenters. The summed E-state index contributed by atoms with van der Waals surface area (Å²) in [5, 5.41) is 7.51. The number of aliphatic hydroxyl groups excluding tert-OH is 1. The summed E-state index contributed by atoms with van der Waals surface area (Å²) in [7, 11) is 0. The summed E-state index contributed by atoms with van der Waals surface area (Å²) in [5.74, 6) is 0. The number of hydrogen-bond acceptors (Lipinski definition) is 2. The summed E-state index contributed by atoms with van der Waals surface area (Å²) in [6, 6.07) is 0. The molecule has 0 amide bonds. The van der Waals surface area contributed by atoms with Crippen molar-refractivity contribution in [3.05, 3.63) is 0 Å². The zero-order valence-corrected chi connectivity index (χ0v) is 5.06. The Morgan fingerprint density at radius 3 is 2.20 bits per heavy atom. The van der Waals surface area contributed by atoms with Crippen molar-refractivity contribution in [3.63, 3.8) is 0 Å². The second kappa shape index (κ2) is 8.86. The van der Waals surface area contributed by atoms with Gasteiger partial charge in [-0.15, -0.1) is 0 Å². The van der Waals surface area contributed by atoms with Crippen LogP contribution in [0.25, 0.3) is 0 Å². The van der Waals surface area contributed by atoms with Crippen LogP contribution in [0.4, 0.5) is 0 Å². The van der Waals surface area contributed by atoms with E-state index in [4.69, 9.17) is 9.90 Å². The van der Waals surface area contributed by atoms with E-state index in [1.54, 1.807) is 0 Å². The molecule has 0 atom stereocenters. The molecule has 0 aliphatic rings. The summed E-state index contributed by atoms with van der Waals surface area (Å²) in [4.78, 5) is 8.92. The van der Waals surface area contributed by atoms with E-state index in [9.17, 15) is 0 Å². The maximum absolute atomic E-state index is 8.92. The van der Waals surface area contributed by atoms with Crippen LogP contribution in [0.2, 0.25) is 0 Å². The minimum Gasteiger partial charge on any atom is -1.00 e. The third-order valence-corrected chi connectivity index (χ3v) is 0.0745. The van der Waals surface area contributed by atoms with Crippen molar-refractivity contribution >= 4 is 44.0 Å². The monoisotopic (exact) mass is 102 g/mol. The molecule has 0 saturated carbocycles. The van der Waals surface area contributed by atoms with E-state index < -0.39 is 0 Å². The molecule has 0 fully saturated rings. The van der Waals surface area contributed by atoms with E-state index in [0.29, 0.717) is 6.29 Å². The topological polar surface area (TPSA) is 37.3 Å². The zero-order valence-electron chi connectivity index (χ0n) is 4.85. The molecular weight excluding hydrogens is 96.1 g/mol. The molecule has 0 rings (SSSR count). The van der Waals surface area contributed by atoms with Gasteiger partial charge in [0.15, 0.2) is 0 Å². The van der Waals surface area contributed by atoms with Crippen molar-refractivity contribution in [2.75, 3.05) is 6.61 Å². The standard InChI is InChI=1S/C2H4O2.Ca.2H/c3-1-2-4;;;/h1,4H,2H2;;;/q;+2;2*-1. The number of hydrogen-bond donors (Lipinski definition) is 1. The van der Waals surface area contributed by atoms with Gasteiger partial charge in [0, 0.05) is 0 Å². The molecule has 0 aliphatic heterocycles. The van der Waals surface area contributed by atoms with Gasteiger partial charge in [-0.05, 0) is 0 Å². The number of rotatable bonds is 1. The first kappa shape index (κ1) is 9.31. The fourth-order valence-corrected chi connectivity index (χ4v) is 0. The minimum absolute atomic E-state index is 0. The average molecular weight is 102 g/mol. The molecule has 0 heterocycles. The summed E-state index contributed by atoms with van der Waals surface area (Å²) >= 11 is 0. The van der Waals surface area contributed by atoms with Gasteiger partial charge in [-0.2, -0.15) is 0 Å². The van der Waals surface area contributed by atoms with E-state index in [-0.39, 0.29) is 47.2 Å². The van der Waals surface area contributed by atoms with Crippen LogP contribution < -0.4 is 0 Å². The Hall–Kier alpha value is 0.890. The van der Waals surface area contributed by atoms with E-state index in [1.807, 2.05) is 0 Å². The molecule has 0 radical (unpaired) electrons. The first-order valence-electron chi connectivity index (χ1n) is 0.960. The van der Waals surface area contributed by atoms with Gasteiger partial charge >= 0.3 is 37.7 Å². The zero-order chi connectivity index (χ0) is 3.41. The van der Waals surface area contributed by atoms with Gasteiger partial charge in [0.05, 0.1) is 6.61 Å². The molecule has 0 spiro atoms. The van der Waals surface area contributed by atoms with E-state index in [2.05, 4.69) is 0 Å². The van der Waals surface area contributed by atoms with Gasteiger partial charge in [-0.1, -0.05) is 0 Å². The van der Waals surface area contributed by atoms with E-state index in [0.717, 1.165) is 0 Å². The van der Waals surface area contributed by atoms with Crippen LogP contribution in [0, 0.1) is 0 Å². The van der Waals surface area contributed by atoms with Gasteiger partial charge in [-0.3, -0.25) is 0 Å². The Kier molecular flexibility index (Phi) is 16.5. The van der Waals surface area contributed by atoms with Crippen LogP contribution in [-0.4, -0.2) is 55.7 Å². The molecule has 5 heavy (non-hydrogen) atoms. The third-order valence-electron chi connectivity index (χ3n) is 0.0745. The van der Waals surface area contributed by atoms with Gasteiger partial charge in [0.25, 0.3) is 0 Å². The van der Waals surface area contributed by atoms with E-state index in [1.165, 1.54) is 0 Å². The molecule has 0 bridgehead atoms. The van der Waals surface area contributed by atoms with Crippen molar-refractivity contribution < 1.29 is 12.8 Å². The molecule has 0 saturated heterocycles. The second-order valence-corrected chi connectivity index (χ2v) is 0.349. The maximum Gasteiger partial charge on any atom is 2.00 e. The fourth-order valence-electron chi connectivity index (χ4n) is 0. The fraction of sp³-hybridized carbons (Fsp3) is 0.500. The van der Waals surface area contributed by atoms with Crippen molar-refractivity contribution in [2.45, 2.75) is 0 Å². The van der Waals surface area contributed by atoms with Crippen LogP contribution in [0.5, 0.6) is 0 Å². The van der Waals surface area contributed by atoms with E-state index >= 15 is 0 Å². The van der Waals surface area contributed by atoms with Crippen LogP contribution in [0.1, 0.15) is 2.85 Å². The van der Waals surface area contributed by atoms with Gasteiger partial charge in [0.2, 0.25) is 0 Å². The minimum atomic E-state index is -0.361. The van der Waals surface area contributed by atoms with Crippen molar-refractivity contribution in [3.8, 4) is 0 Å². The molecule has 0 aromatic carbocycles. The normalized spacial score (nSPS) is 5.00. The molecule has 0 aliphatic carbocycles. The first-order chi connectivity index (χ1) is 1.91. The molecule has 28 valence electrons. The van der Waals surface area contributed by atoms with Crippen molar-refractivity contribution in [1.29, 1.82) is 0 Å². The van der Waals surface area contributed by atoms with Crippen LogP contribution in [-0.2, 0) is 4.79 Å². The van der Waals surface area contributed by atoms with Gasteiger partial charge in [-0.25, -0.2) is 0 Å². The quantitative estimate of drug-likeness (QED) is 0.341. The Balaban J connectivity index is -0.0000000150. The van der Waals surface area contributed by atoms with Crippen LogP contribution in [0.15, 0.2) is 0 Å². The number of carbonyl (C=O) groups is 1. The van der Waals surface area contributed by atoms with Gasteiger partial charge < -0.3 is 12.8 Å². The number of aldehydes is 1. The summed E-state index contributed by atoms with van der Waals surface area (Å²) in [6.45, 7) is -0.361. The molecular formula is C2H6CaO2. The predicted octanol–water partition coefficient (Wildman–Crippen LogP) is -0.978. The summed E-state index contributed by atoms with van der Waals surface area (Å²) < 4.78 is 0. The molecule has 2 nitrogen and oxygen atoms in total. The number of carbonyl (C=O) groups excluding carboxylic acids is 1. The number of aliphatic hydroxyl groups is 1. The first-order valence-corrected chi connectivity index (χ1v) is 0.960. The SMILES string of the molecule is O=CCO.[Ca+2].[H-].[H-]. The molecule has 1 N–H and O–H groups in total. The Morgan fingerprint density at radius 2 is 2.20 bits per heavy atom. The second-order valence-electron chi connectivity index (χ2n) is 0.349. The largest absolute Gasteiger partial charge is 2.00 e. The Bertz CT molecular complexity index is 27.7. The average Bonchev–Trinajstić information content (AvgIpc) is 1.37. The summed E-state index contributed by atoms with van der Waals surface area (Å²) in [5.41, 5.74) is 0. The Labute approximate surface area is 63.1 Å². The molecule has 0 aromatic heterocycles. The van der Waals surface area contributed by atoms with Crippen LogP contribution in [0.3, 0.4) is 0 Å². The molecule has 3 heteroatoms. The summed E-state index contributed by atoms with van der Waals surface area (Å²) in [6.07, 6.45) is 0.431. The molecule has 0 aromatic rings.